The second kappa shape index (κ2) is 4.88. The van der Waals surface area contributed by atoms with E-state index in [1.54, 1.807) is 0 Å². The molecule has 1 heterocycles. The first-order valence-corrected chi connectivity index (χ1v) is 7.72. The minimum atomic E-state index is -3.26. The van der Waals surface area contributed by atoms with Gasteiger partial charge in [-0.05, 0) is 37.5 Å². The van der Waals surface area contributed by atoms with Gasteiger partial charge in [0, 0.05) is 6.54 Å². The van der Waals surface area contributed by atoms with E-state index in [1.807, 2.05) is 6.92 Å². The van der Waals surface area contributed by atoms with Crippen LogP contribution in [0, 0.1) is 11.8 Å². The molecule has 1 saturated carbocycles. The van der Waals surface area contributed by atoms with Gasteiger partial charge in [0.2, 0.25) is 16.1 Å². The van der Waals surface area contributed by atoms with Crippen LogP contribution in [0.15, 0.2) is 4.99 Å². The average molecular weight is 258 g/mol. The number of hydrogen-bond donors (Lipinski definition) is 0. The van der Waals surface area contributed by atoms with E-state index in [-0.39, 0.29) is 11.7 Å². The van der Waals surface area contributed by atoms with Crippen LogP contribution in [-0.2, 0) is 14.8 Å². The van der Waals surface area contributed by atoms with Gasteiger partial charge in [0.25, 0.3) is 0 Å². The Morgan fingerprint density at radius 2 is 2.06 bits per heavy atom. The fraction of sp³-hybridized carbons (Fsp3) is 0.909. The van der Waals surface area contributed by atoms with Crippen molar-refractivity contribution in [3.05, 3.63) is 0 Å². The van der Waals surface area contributed by atoms with Crippen LogP contribution in [0.25, 0.3) is 0 Å². The zero-order valence-corrected chi connectivity index (χ0v) is 10.8. The molecule has 1 aliphatic heterocycles. The molecule has 0 radical (unpaired) electrons. The normalized spacial score (nSPS) is 30.9. The molecule has 5 nitrogen and oxygen atoms in total. The molecule has 0 spiro atoms. The fourth-order valence-electron chi connectivity index (χ4n) is 2.36. The number of hydrogen-bond acceptors (Lipinski definition) is 4. The highest BCUT2D eigenvalue weighted by atomic mass is 32.2. The van der Waals surface area contributed by atoms with E-state index >= 15 is 0 Å². The fourth-order valence-corrected chi connectivity index (χ4v) is 4.47. The topological polar surface area (TPSA) is 66.8 Å². The van der Waals surface area contributed by atoms with Crippen LogP contribution in [0.1, 0.15) is 32.6 Å². The van der Waals surface area contributed by atoms with Crippen LogP contribution in [0.5, 0.6) is 0 Å². The molecule has 0 bridgehead atoms. The summed E-state index contributed by atoms with van der Waals surface area (Å²) in [5.41, 5.74) is 0. The molecule has 17 heavy (non-hydrogen) atoms. The van der Waals surface area contributed by atoms with E-state index < -0.39 is 16.2 Å². The number of sulfonamides is 1. The van der Waals surface area contributed by atoms with Crippen molar-refractivity contribution in [2.75, 3.05) is 12.3 Å². The summed E-state index contributed by atoms with van der Waals surface area (Å²) in [7, 11) is -3.26. The maximum Gasteiger partial charge on any atom is 0.236 e. The van der Waals surface area contributed by atoms with Gasteiger partial charge in [0.05, 0.1) is 5.75 Å². The molecular weight excluding hydrogens is 240 g/mol. The molecule has 1 aliphatic carbocycles. The summed E-state index contributed by atoms with van der Waals surface area (Å²) in [6.45, 7) is 2.42. The lowest BCUT2D eigenvalue weighted by Crippen LogP contribution is -2.47. The SMILES string of the molecule is CC1CCCN(S(=O)(=O)CC2CC2)C1N=C=O. The number of aliphatic imine (C=N–C) groups is 1. The predicted octanol–water partition coefficient (Wildman–Crippen LogP) is 1.12. The van der Waals surface area contributed by atoms with E-state index in [0.717, 1.165) is 25.7 Å². The number of carbonyl (C=O) groups excluding carboxylic acids is 1. The number of nitrogens with zero attached hydrogens (tertiary/aromatic N) is 2. The highest BCUT2D eigenvalue weighted by Crippen LogP contribution is 2.34. The molecule has 0 aromatic rings. The molecule has 0 aromatic heterocycles. The van der Waals surface area contributed by atoms with Crippen molar-refractivity contribution < 1.29 is 13.2 Å². The summed E-state index contributed by atoms with van der Waals surface area (Å²) in [5, 5.41) is 0. The molecule has 2 unspecified atom stereocenters. The first-order valence-electron chi connectivity index (χ1n) is 6.11. The third kappa shape index (κ3) is 2.94. The van der Waals surface area contributed by atoms with Crippen molar-refractivity contribution in [3.8, 4) is 0 Å². The van der Waals surface area contributed by atoms with Gasteiger partial charge < -0.3 is 0 Å². The molecule has 96 valence electrons. The van der Waals surface area contributed by atoms with Gasteiger partial charge in [0.1, 0.15) is 6.17 Å². The van der Waals surface area contributed by atoms with Crippen LogP contribution in [-0.4, -0.2) is 37.3 Å². The monoisotopic (exact) mass is 258 g/mol. The minimum Gasteiger partial charge on any atom is -0.212 e. The standard InChI is InChI=1S/C11H18N2O3S/c1-9-3-2-6-13(11(9)12-8-14)17(15,16)7-10-4-5-10/h9-11H,2-7H2,1H3. The average Bonchev–Trinajstić information content (AvgIpc) is 3.04. The van der Waals surface area contributed by atoms with Gasteiger partial charge in [-0.25, -0.2) is 13.2 Å². The molecule has 0 N–H and O–H groups in total. The summed E-state index contributed by atoms with van der Waals surface area (Å²) < 4.78 is 25.8. The lowest BCUT2D eigenvalue weighted by molar-refractivity contribution is 0.193. The smallest absolute Gasteiger partial charge is 0.212 e. The summed E-state index contributed by atoms with van der Waals surface area (Å²) in [4.78, 5) is 14.1. The summed E-state index contributed by atoms with van der Waals surface area (Å²) in [6.07, 6.45) is 4.73. The molecule has 2 aliphatic rings. The zero-order chi connectivity index (χ0) is 12.5. The highest BCUT2D eigenvalue weighted by molar-refractivity contribution is 7.89. The van der Waals surface area contributed by atoms with Crippen LogP contribution in [0.3, 0.4) is 0 Å². The van der Waals surface area contributed by atoms with Crippen molar-refractivity contribution in [2.24, 2.45) is 16.8 Å². The molecule has 6 heteroatoms. The first kappa shape index (κ1) is 12.7. The van der Waals surface area contributed by atoms with E-state index in [2.05, 4.69) is 4.99 Å². The Morgan fingerprint density at radius 1 is 1.35 bits per heavy atom. The van der Waals surface area contributed by atoms with E-state index in [0.29, 0.717) is 12.5 Å². The molecule has 2 atom stereocenters. The summed E-state index contributed by atoms with van der Waals surface area (Å²) in [5.74, 6) is 0.627. The van der Waals surface area contributed by atoms with Crippen molar-refractivity contribution in [2.45, 2.75) is 38.8 Å². The quantitative estimate of drug-likeness (QED) is 0.560. The van der Waals surface area contributed by atoms with Gasteiger partial charge in [-0.15, -0.1) is 0 Å². The first-order chi connectivity index (χ1) is 8.04. The molecule has 2 rings (SSSR count). The Labute approximate surface area is 102 Å². The Kier molecular flexibility index (Phi) is 3.66. The zero-order valence-electron chi connectivity index (χ0n) is 10.0. The van der Waals surface area contributed by atoms with Crippen molar-refractivity contribution in [1.29, 1.82) is 0 Å². The predicted molar refractivity (Wildman–Crippen MR) is 63.5 cm³/mol. The van der Waals surface area contributed by atoms with E-state index in [1.165, 1.54) is 10.4 Å². The third-order valence-electron chi connectivity index (χ3n) is 3.53. The second-order valence-electron chi connectivity index (χ2n) is 5.09. The van der Waals surface area contributed by atoms with Gasteiger partial charge in [-0.2, -0.15) is 9.30 Å². The summed E-state index contributed by atoms with van der Waals surface area (Å²) >= 11 is 0. The van der Waals surface area contributed by atoms with Crippen LogP contribution in [0.2, 0.25) is 0 Å². The van der Waals surface area contributed by atoms with Crippen molar-refractivity contribution in [1.82, 2.24) is 4.31 Å². The number of piperidine rings is 1. The van der Waals surface area contributed by atoms with Gasteiger partial charge in [-0.1, -0.05) is 6.92 Å². The molecule has 2 fully saturated rings. The third-order valence-corrected chi connectivity index (χ3v) is 5.53. The largest absolute Gasteiger partial charge is 0.236 e. The Morgan fingerprint density at radius 3 is 2.65 bits per heavy atom. The lowest BCUT2D eigenvalue weighted by atomic mass is 9.98. The van der Waals surface area contributed by atoms with E-state index in [9.17, 15) is 13.2 Å². The second-order valence-corrected chi connectivity index (χ2v) is 7.05. The van der Waals surface area contributed by atoms with Gasteiger partial charge >= 0.3 is 0 Å². The molecule has 1 saturated heterocycles. The maximum absolute atomic E-state index is 12.2. The Hall–Kier alpha value is -0.710. The molecular formula is C11H18N2O3S. The maximum atomic E-state index is 12.2. The summed E-state index contributed by atoms with van der Waals surface area (Å²) in [6, 6.07) is 0. The highest BCUT2D eigenvalue weighted by Gasteiger charge is 2.39. The Balaban J connectivity index is 2.17. The van der Waals surface area contributed by atoms with Gasteiger partial charge in [-0.3, -0.25) is 0 Å². The van der Waals surface area contributed by atoms with Crippen LogP contribution < -0.4 is 0 Å². The minimum absolute atomic E-state index is 0.0965. The van der Waals surface area contributed by atoms with Gasteiger partial charge in [0.15, 0.2) is 0 Å². The lowest BCUT2D eigenvalue weighted by Gasteiger charge is -2.35. The number of isocyanates is 1. The number of rotatable bonds is 4. The Bertz CT molecular complexity index is 424. The molecule has 0 aromatic carbocycles. The van der Waals surface area contributed by atoms with Crippen LogP contribution in [0.4, 0.5) is 0 Å². The molecule has 0 amide bonds. The van der Waals surface area contributed by atoms with Crippen LogP contribution >= 0.6 is 0 Å². The van der Waals surface area contributed by atoms with Crippen molar-refractivity contribution in [3.63, 3.8) is 0 Å². The van der Waals surface area contributed by atoms with Crippen molar-refractivity contribution >= 4 is 16.1 Å². The van der Waals surface area contributed by atoms with E-state index in [4.69, 9.17) is 0 Å².